The van der Waals surface area contributed by atoms with E-state index < -0.39 is 0 Å². The fourth-order valence-corrected chi connectivity index (χ4v) is 3.05. The van der Waals surface area contributed by atoms with Crippen LogP contribution in [0.25, 0.3) is 0 Å². The summed E-state index contributed by atoms with van der Waals surface area (Å²) in [6.45, 7) is 5.09. The Morgan fingerprint density at radius 3 is 2.23 bits per heavy atom. The molecule has 0 radical (unpaired) electrons. The smallest absolute Gasteiger partial charge is 0.253 e. The molecule has 2 N–H and O–H groups in total. The third kappa shape index (κ3) is 6.20. The molecular formula is C19H20ClN3O2S. The van der Waals surface area contributed by atoms with Crippen LogP contribution in [0.2, 0.25) is 5.02 Å². The highest BCUT2D eigenvalue weighted by Crippen LogP contribution is 2.24. The van der Waals surface area contributed by atoms with Gasteiger partial charge in [-0.2, -0.15) is 5.10 Å². The monoisotopic (exact) mass is 389 g/mol. The van der Waals surface area contributed by atoms with Crippen LogP contribution in [0.3, 0.4) is 0 Å². The minimum absolute atomic E-state index is 0.123. The van der Waals surface area contributed by atoms with Gasteiger partial charge in [-0.3, -0.25) is 9.59 Å². The van der Waals surface area contributed by atoms with Gasteiger partial charge in [0.1, 0.15) is 0 Å². The van der Waals surface area contributed by atoms with Crippen molar-refractivity contribution in [1.29, 1.82) is 0 Å². The Morgan fingerprint density at radius 1 is 1.04 bits per heavy atom. The van der Waals surface area contributed by atoms with E-state index in [2.05, 4.69) is 15.8 Å². The van der Waals surface area contributed by atoms with Gasteiger partial charge in [0, 0.05) is 22.5 Å². The molecule has 0 aliphatic rings. The van der Waals surface area contributed by atoms with E-state index in [1.807, 2.05) is 38.1 Å². The van der Waals surface area contributed by atoms with Crippen molar-refractivity contribution < 1.29 is 9.59 Å². The zero-order valence-electron chi connectivity index (χ0n) is 14.7. The van der Waals surface area contributed by atoms with Gasteiger partial charge in [-0.25, -0.2) is 5.43 Å². The van der Waals surface area contributed by atoms with E-state index in [-0.39, 0.29) is 17.1 Å². The second-order valence-corrected chi connectivity index (χ2v) is 7.50. The van der Waals surface area contributed by atoms with E-state index in [0.29, 0.717) is 16.4 Å². The van der Waals surface area contributed by atoms with Crippen molar-refractivity contribution in [3.8, 4) is 0 Å². The highest BCUT2D eigenvalue weighted by molar-refractivity contribution is 8.00. The molecule has 0 aromatic heterocycles. The van der Waals surface area contributed by atoms with Gasteiger partial charge in [-0.1, -0.05) is 23.7 Å². The van der Waals surface area contributed by atoms with Crippen LogP contribution >= 0.6 is 23.4 Å². The fourth-order valence-electron chi connectivity index (χ4n) is 2.06. The van der Waals surface area contributed by atoms with E-state index >= 15 is 0 Å². The molecule has 0 fully saturated rings. The van der Waals surface area contributed by atoms with Crippen LogP contribution in [-0.4, -0.2) is 22.8 Å². The lowest BCUT2D eigenvalue weighted by atomic mass is 10.1. The molecule has 2 aromatic carbocycles. The maximum Gasteiger partial charge on any atom is 0.253 e. The Hall–Kier alpha value is -2.31. The van der Waals surface area contributed by atoms with E-state index in [1.165, 1.54) is 18.7 Å². The summed E-state index contributed by atoms with van der Waals surface area (Å²) in [5.74, 6) is -0.304. The number of carbonyl (C=O) groups is 2. The van der Waals surface area contributed by atoms with Crippen LogP contribution < -0.4 is 10.7 Å². The number of benzene rings is 2. The first kappa shape index (κ1) is 20.0. The molecule has 2 aromatic rings. The SMILES string of the molecule is CC(=O)Nc1ccc(/C(C)=N\NC(=O)[C@H](C)Sc2ccc(Cl)cc2)cc1. The van der Waals surface area contributed by atoms with Gasteiger partial charge in [-0.05, 0) is 55.8 Å². The fraction of sp³-hybridized carbons (Fsp3) is 0.211. The molecule has 0 saturated heterocycles. The van der Waals surface area contributed by atoms with Crippen molar-refractivity contribution in [3.63, 3.8) is 0 Å². The lowest BCUT2D eigenvalue weighted by molar-refractivity contribution is -0.120. The molecule has 26 heavy (non-hydrogen) atoms. The van der Waals surface area contributed by atoms with Gasteiger partial charge in [-0.15, -0.1) is 11.8 Å². The summed E-state index contributed by atoms with van der Waals surface area (Å²) in [6, 6.07) is 14.6. The largest absolute Gasteiger partial charge is 0.326 e. The maximum atomic E-state index is 12.2. The van der Waals surface area contributed by atoms with Crippen molar-refractivity contribution in [2.45, 2.75) is 30.9 Å². The van der Waals surface area contributed by atoms with Gasteiger partial charge in [0.15, 0.2) is 0 Å². The highest BCUT2D eigenvalue weighted by atomic mass is 35.5. The average Bonchev–Trinajstić information content (AvgIpc) is 2.61. The van der Waals surface area contributed by atoms with Crippen LogP contribution in [0.15, 0.2) is 58.5 Å². The van der Waals surface area contributed by atoms with Crippen molar-refractivity contribution in [1.82, 2.24) is 5.43 Å². The number of nitrogens with one attached hydrogen (secondary N) is 2. The van der Waals surface area contributed by atoms with Gasteiger partial charge in [0.05, 0.1) is 11.0 Å². The predicted octanol–water partition coefficient (Wildman–Crippen LogP) is 4.32. The second kappa shape index (κ2) is 9.40. The summed E-state index contributed by atoms with van der Waals surface area (Å²) in [5, 5.41) is 7.23. The molecule has 2 rings (SSSR count). The molecule has 0 aliphatic carbocycles. The topological polar surface area (TPSA) is 70.6 Å². The molecule has 7 heteroatoms. The quantitative estimate of drug-likeness (QED) is 0.439. The zero-order valence-corrected chi connectivity index (χ0v) is 16.3. The van der Waals surface area contributed by atoms with Gasteiger partial charge >= 0.3 is 0 Å². The number of amides is 2. The number of rotatable bonds is 6. The summed E-state index contributed by atoms with van der Waals surface area (Å²) in [6.07, 6.45) is 0. The number of nitrogens with zero attached hydrogens (tertiary/aromatic N) is 1. The standard InChI is InChI=1S/C19H20ClN3O2S/c1-12(15-4-8-17(9-5-15)21-14(3)24)22-23-19(25)13(2)26-18-10-6-16(20)7-11-18/h4-11,13H,1-3H3,(H,21,24)(H,23,25)/b22-12-/t13-/m0/s1. The lowest BCUT2D eigenvalue weighted by Crippen LogP contribution is -2.27. The molecule has 1 atom stereocenters. The van der Waals surface area contributed by atoms with Crippen LogP contribution in [0, 0.1) is 0 Å². The molecular weight excluding hydrogens is 370 g/mol. The number of anilines is 1. The average molecular weight is 390 g/mol. The Morgan fingerprint density at radius 2 is 1.65 bits per heavy atom. The Kier molecular flexibility index (Phi) is 7.24. The van der Waals surface area contributed by atoms with Crippen LogP contribution in [-0.2, 0) is 9.59 Å². The normalized spacial score (nSPS) is 12.4. The number of hydrazone groups is 1. The Bertz CT molecular complexity index is 805. The number of thioether (sulfide) groups is 1. The van der Waals surface area contributed by atoms with E-state index in [9.17, 15) is 9.59 Å². The number of hydrogen-bond donors (Lipinski definition) is 2. The van der Waals surface area contributed by atoms with E-state index in [4.69, 9.17) is 11.6 Å². The summed E-state index contributed by atoms with van der Waals surface area (Å²) in [7, 11) is 0. The van der Waals surface area contributed by atoms with Crippen LogP contribution in [0.4, 0.5) is 5.69 Å². The van der Waals surface area contributed by atoms with Crippen molar-refractivity contribution in [2.75, 3.05) is 5.32 Å². The summed E-state index contributed by atoms with van der Waals surface area (Å²) in [5.41, 5.74) is 4.84. The molecule has 5 nitrogen and oxygen atoms in total. The Balaban J connectivity index is 1.93. The molecule has 0 bridgehead atoms. The number of halogens is 1. The predicted molar refractivity (Wildman–Crippen MR) is 108 cm³/mol. The first-order valence-corrected chi connectivity index (χ1v) is 9.25. The third-order valence-corrected chi connectivity index (χ3v) is 4.82. The summed E-state index contributed by atoms with van der Waals surface area (Å²) < 4.78 is 0. The summed E-state index contributed by atoms with van der Waals surface area (Å²) >= 11 is 7.30. The van der Waals surface area contributed by atoms with E-state index in [0.717, 1.165) is 10.5 Å². The first-order chi connectivity index (χ1) is 12.3. The van der Waals surface area contributed by atoms with Crippen LogP contribution in [0.5, 0.6) is 0 Å². The number of carbonyl (C=O) groups excluding carboxylic acids is 2. The minimum atomic E-state index is -0.296. The maximum absolute atomic E-state index is 12.2. The summed E-state index contributed by atoms with van der Waals surface area (Å²) in [4.78, 5) is 24.2. The molecule has 136 valence electrons. The minimum Gasteiger partial charge on any atom is -0.326 e. The van der Waals surface area contributed by atoms with Gasteiger partial charge in [0.25, 0.3) is 5.91 Å². The molecule has 0 aliphatic heterocycles. The second-order valence-electron chi connectivity index (χ2n) is 5.65. The Labute approximate surface area is 162 Å². The van der Waals surface area contributed by atoms with Crippen molar-refractivity contribution in [3.05, 3.63) is 59.1 Å². The van der Waals surface area contributed by atoms with Gasteiger partial charge < -0.3 is 5.32 Å². The number of hydrogen-bond acceptors (Lipinski definition) is 4. The van der Waals surface area contributed by atoms with Crippen molar-refractivity contribution >= 4 is 46.6 Å². The highest BCUT2D eigenvalue weighted by Gasteiger charge is 2.14. The molecule has 0 saturated carbocycles. The van der Waals surface area contributed by atoms with E-state index in [1.54, 1.807) is 24.3 Å². The molecule has 2 amide bonds. The van der Waals surface area contributed by atoms with Gasteiger partial charge in [0.2, 0.25) is 5.91 Å². The third-order valence-electron chi connectivity index (χ3n) is 3.45. The molecule has 0 heterocycles. The van der Waals surface area contributed by atoms with Crippen LogP contribution in [0.1, 0.15) is 26.3 Å². The lowest BCUT2D eigenvalue weighted by Gasteiger charge is -2.10. The molecule has 0 unspecified atom stereocenters. The zero-order chi connectivity index (χ0) is 19.1. The molecule has 0 spiro atoms. The van der Waals surface area contributed by atoms with Crippen molar-refractivity contribution in [2.24, 2.45) is 5.10 Å². The first-order valence-electron chi connectivity index (χ1n) is 7.99.